The largest absolute Gasteiger partial charge is 0.493 e. The number of para-hydroxylation sites is 1. The Morgan fingerprint density at radius 3 is 2.82 bits per heavy atom. The monoisotopic (exact) mass is 452 g/mol. The van der Waals surface area contributed by atoms with Crippen LogP contribution in [0.1, 0.15) is 61.1 Å². The third kappa shape index (κ3) is 4.69. The number of rotatable bonds is 5. The summed E-state index contributed by atoms with van der Waals surface area (Å²) < 4.78 is 20.1. The van der Waals surface area contributed by atoms with Gasteiger partial charge in [-0.1, -0.05) is 32.0 Å². The molecule has 174 valence electrons. The van der Waals surface area contributed by atoms with E-state index in [4.69, 9.17) is 10.5 Å². The topological polar surface area (TPSA) is 97.0 Å². The van der Waals surface area contributed by atoms with E-state index in [2.05, 4.69) is 10.3 Å². The number of benzene rings is 2. The van der Waals surface area contributed by atoms with Crippen LogP contribution >= 0.6 is 0 Å². The molecule has 0 saturated carbocycles. The lowest BCUT2D eigenvalue weighted by Gasteiger charge is -2.37. The summed E-state index contributed by atoms with van der Waals surface area (Å²) in [5, 5.41) is 2.98. The zero-order chi connectivity index (χ0) is 23.8. The zero-order valence-corrected chi connectivity index (χ0v) is 19.1. The molecule has 0 spiro atoms. The van der Waals surface area contributed by atoms with E-state index in [1.807, 2.05) is 45.0 Å². The van der Waals surface area contributed by atoms with Gasteiger partial charge in [0.1, 0.15) is 11.6 Å². The van der Waals surface area contributed by atoms with E-state index in [1.165, 1.54) is 17.0 Å². The van der Waals surface area contributed by atoms with Crippen molar-refractivity contribution >= 4 is 17.8 Å². The molecular formula is C25H29FN4O3. The molecular weight excluding hydrogens is 423 g/mol. The van der Waals surface area contributed by atoms with Crippen LogP contribution in [0.2, 0.25) is 0 Å². The smallest absolute Gasteiger partial charge is 0.251 e. The Kier molecular flexibility index (Phi) is 6.10. The molecule has 2 atom stereocenters. The highest BCUT2D eigenvalue weighted by Crippen LogP contribution is 2.32. The average Bonchev–Trinajstić information content (AvgIpc) is 2.76. The standard InChI is InChI=1S/C25H29FN4O3/c1-15(2)25(3)13-22(31)30(24(27)29-25)14-16-10-17(12-18(26)11-16)23(32)28-20-8-9-33-21-7-5-4-6-19(20)21/h4-7,10-12,15,20H,8-9,13-14H2,1-3H3,(H2,27,29)(H,28,32)/t20?,25-/m0/s1. The summed E-state index contributed by atoms with van der Waals surface area (Å²) >= 11 is 0. The van der Waals surface area contributed by atoms with Crippen LogP contribution in [0.25, 0.3) is 0 Å². The Balaban J connectivity index is 1.53. The van der Waals surface area contributed by atoms with Gasteiger partial charge in [-0.05, 0) is 42.7 Å². The molecule has 0 saturated heterocycles. The van der Waals surface area contributed by atoms with Gasteiger partial charge in [-0.2, -0.15) is 0 Å². The first-order chi connectivity index (χ1) is 15.7. The molecule has 1 unspecified atom stereocenters. The third-order valence-electron chi connectivity index (χ3n) is 6.52. The first-order valence-electron chi connectivity index (χ1n) is 11.1. The van der Waals surface area contributed by atoms with Crippen LogP contribution in [-0.4, -0.2) is 34.8 Å². The van der Waals surface area contributed by atoms with Crippen LogP contribution in [0.15, 0.2) is 47.5 Å². The minimum atomic E-state index is -0.565. The van der Waals surface area contributed by atoms with Crippen molar-refractivity contribution in [1.29, 1.82) is 0 Å². The summed E-state index contributed by atoms with van der Waals surface area (Å²) in [5.74, 6) is -0.138. The van der Waals surface area contributed by atoms with Gasteiger partial charge in [0.15, 0.2) is 5.96 Å². The van der Waals surface area contributed by atoms with Gasteiger partial charge in [-0.3, -0.25) is 14.5 Å². The number of hydrogen-bond acceptors (Lipinski definition) is 5. The van der Waals surface area contributed by atoms with Gasteiger partial charge < -0.3 is 15.8 Å². The van der Waals surface area contributed by atoms with Crippen molar-refractivity contribution in [2.24, 2.45) is 16.6 Å². The Bertz CT molecular complexity index is 1120. The average molecular weight is 453 g/mol. The van der Waals surface area contributed by atoms with Gasteiger partial charge in [0.25, 0.3) is 5.91 Å². The Labute approximate surface area is 192 Å². The van der Waals surface area contributed by atoms with Crippen LogP contribution in [0.3, 0.4) is 0 Å². The number of nitrogens with two attached hydrogens (primary N) is 1. The third-order valence-corrected chi connectivity index (χ3v) is 6.52. The first-order valence-corrected chi connectivity index (χ1v) is 11.1. The van der Waals surface area contributed by atoms with Crippen LogP contribution in [0, 0.1) is 11.7 Å². The van der Waals surface area contributed by atoms with Crippen LogP contribution in [-0.2, 0) is 11.3 Å². The summed E-state index contributed by atoms with van der Waals surface area (Å²) in [6.45, 7) is 6.42. The molecule has 3 N–H and O–H groups in total. The fraction of sp³-hybridized carbons (Fsp3) is 0.400. The number of carbonyl (C=O) groups excluding carboxylic acids is 2. The van der Waals surface area contributed by atoms with Crippen LogP contribution in [0.4, 0.5) is 4.39 Å². The number of guanidine groups is 1. The van der Waals surface area contributed by atoms with Crippen molar-refractivity contribution in [2.45, 2.75) is 51.7 Å². The molecule has 4 rings (SSSR count). The summed E-state index contributed by atoms with van der Waals surface area (Å²) in [6, 6.07) is 11.4. The van der Waals surface area contributed by atoms with Crippen molar-refractivity contribution in [3.05, 3.63) is 65.0 Å². The van der Waals surface area contributed by atoms with E-state index in [-0.39, 0.29) is 42.4 Å². The van der Waals surface area contributed by atoms with E-state index in [1.54, 1.807) is 6.07 Å². The molecule has 2 aromatic carbocycles. The highest BCUT2D eigenvalue weighted by molar-refractivity contribution is 5.99. The number of amides is 2. The molecule has 0 radical (unpaired) electrons. The Morgan fingerprint density at radius 2 is 2.09 bits per heavy atom. The van der Waals surface area contributed by atoms with Crippen molar-refractivity contribution in [2.75, 3.05) is 6.61 Å². The lowest BCUT2D eigenvalue weighted by Crippen LogP contribution is -2.51. The number of nitrogens with zero attached hydrogens (tertiary/aromatic N) is 2. The van der Waals surface area contributed by atoms with Gasteiger partial charge in [0, 0.05) is 17.5 Å². The molecule has 2 aliphatic rings. The fourth-order valence-electron chi connectivity index (χ4n) is 4.18. The van der Waals surface area contributed by atoms with Gasteiger partial charge in [-0.25, -0.2) is 9.38 Å². The SMILES string of the molecule is CC(C)[C@]1(C)CC(=O)N(Cc2cc(F)cc(C(=O)NC3CCOc4ccccc43)c2)C(N)=N1. The maximum absolute atomic E-state index is 14.4. The molecule has 8 heteroatoms. The van der Waals surface area contributed by atoms with Crippen molar-refractivity contribution in [1.82, 2.24) is 10.2 Å². The van der Waals surface area contributed by atoms with Gasteiger partial charge in [0.2, 0.25) is 5.91 Å². The molecule has 2 heterocycles. The van der Waals surface area contributed by atoms with Gasteiger partial charge in [0.05, 0.1) is 31.2 Å². The van der Waals surface area contributed by atoms with E-state index in [0.29, 0.717) is 18.6 Å². The molecule has 0 fully saturated rings. The first kappa shape index (κ1) is 22.8. The number of carbonyl (C=O) groups is 2. The van der Waals surface area contributed by atoms with Crippen molar-refractivity contribution < 1.29 is 18.7 Å². The lowest BCUT2D eigenvalue weighted by molar-refractivity contribution is -0.130. The van der Waals surface area contributed by atoms with Gasteiger partial charge in [-0.15, -0.1) is 0 Å². The molecule has 2 aromatic rings. The molecule has 0 bridgehead atoms. The van der Waals surface area contributed by atoms with Crippen LogP contribution < -0.4 is 15.8 Å². The summed E-state index contributed by atoms with van der Waals surface area (Å²) in [6.07, 6.45) is 0.839. The molecule has 2 amide bonds. The summed E-state index contributed by atoms with van der Waals surface area (Å²) in [5.41, 5.74) is 7.08. The Hall–Kier alpha value is -3.42. The zero-order valence-electron chi connectivity index (χ0n) is 19.1. The van der Waals surface area contributed by atoms with Crippen molar-refractivity contribution in [3.63, 3.8) is 0 Å². The van der Waals surface area contributed by atoms with E-state index >= 15 is 0 Å². The minimum absolute atomic E-state index is 0.0421. The van der Waals surface area contributed by atoms with E-state index < -0.39 is 17.3 Å². The van der Waals surface area contributed by atoms with Crippen molar-refractivity contribution in [3.8, 4) is 5.75 Å². The number of aliphatic imine (C=N–C) groups is 1. The molecule has 2 aliphatic heterocycles. The maximum atomic E-state index is 14.4. The summed E-state index contributed by atoms with van der Waals surface area (Å²) in [4.78, 5) is 31.6. The molecule has 0 aliphatic carbocycles. The molecule has 33 heavy (non-hydrogen) atoms. The van der Waals surface area contributed by atoms with Gasteiger partial charge >= 0.3 is 0 Å². The quantitative estimate of drug-likeness (QED) is 0.725. The second-order valence-corrected chi connectivity index (χ2v) is 9.19. The number of fused-ring (bicyclic) bond motifs is 1. The number of halogens is 1. The van der Waals surface area contributed by atoms with E-state index in [0.717, 1.165) is 11.3 Å². The number of nitrogens with one attached hydrogen (secondary N) is 1. The highest BCUT2D eigenvalue weighted by atomic mass is 19.1. The predicted octanol–water partition coefficient (Wildman–Crippen LogP) is 3.54. The minimum Gasteiger partial charge on any atom is -0.493 e. The molecule has 7 nitrogen and oxygen atoms in total. The number of hydrogen-bond donors (Lipinski definition) is 2. The second-order valence-electron chi connectivity index (χ2n) is 9.19. The van der Waals surface area contributed by atoms with E-state index in [9.17, 15) is 14.0 Å². The molecule has 0 aromatic heterocycles. The lowest BCUT2D eigenvalue weighted by atomic mass is 9.84. The normalized spacial score (nSPS) is 22.5. The van der Waals surface area contributed by atoms with Crippen LogP contribution in [0.5, 0.6) is 5.75 Å². The number of ether oxygens (including phenoxy) is 1. The highest BCUT2D eigenvalue weighted by Gasteiger charge is 2.38. The Morgan fingerprint density at radius 1 is 1.33 bits per heavy atom. The summed E-state index contributed by atoms with van der Waals surface area (Å²) in [7, 11) is 0. The predicted molar refractivity (Wildman–Crippen MR) is 123 cm³/mol. The fourth-order valence-corrected chi connectivity index (χ4v) is 4.18. The maximum Gasteiger partial charge on any atom is 0.251 e. The second kappa shape index (κ2) is 8.84.